The summed E-state index contributed by atoms with van der Waals surface area (Å²) in [5, 5.41) is 1.03. The van der Waals surface area contributed by atoms with E-state index in [9.17, 15) is 8.78 Å². The van der Waals surface area contributed by atoms with Gasteiger partial charge in [-0.2, -0.15) is 8.78 Å². The van der Waals surface area contributed by atoms with Crippen LogP contribution in [0.25, 0.3) is 21.9 Å². The second-order valence-corrected chi connectivity index (χ2v) is 6.09. The monoisotopic (exact) mass is 344 g/mol. The Morgan fingerprint density at radius 2 is 1.60 bits per heavy atom. The van der Waals surface area contributed by atoms with E-state index in [2.05, 4.69) is 6.08 Å². The Morgan fingerprint density at radius 3 is 2.16 bits per heavy atom. The van der Waals surface area contributed by atoms with Crippen LogP contribution in [-0.2, 0) is 0 Å². The maximum absolute atomic E-state index is 14.8. The molecule has 0 bridgehead atoms. The Balaban J connectivity index is 1.75. The molecule has 1 heterocycles. The molecule has 1 aliphatic carbocycles. The SMILES string of the molecule is CCOc1ccc2c(oc3c(F)c(OCC4=CCCC4)ccc32)c1F. The van der Waals surface area contributed by atoms with E-state index < -0.39 is 11.6 Å². The van der Waals surface area contributed by atoms with Crippen molar-refractivity contribution in [1.29, 1.82) is 0 Å². The molecule has 0 amide bonds. The van der Waals surface area contributed by atoms with Crippen molar-refractivity contribution >= 4 is 21.9 Å². The van der Waals surface area contributed by atoms with E-state index in [0.717, 1.165) is 19.3 Å². The van der Waals surface area contributed by atoms with Gasteiger partial charge in [0.2, 0.25) is 11.6 Å². The Bertz CT molecular complexity index is 972. The molecule has 0 unspecified atom stereocenters. The number of halogens is 2. The van der Waals surface area contributed by atoms with Gasteiger partial charge in [0.25, 0.3) is 0 Å². The Labute approximate surface area is 143 Å². The molecular weight excluding hydrogens is 326 g/mol. The smallest absolute Gasteiger partial charge is 0.208 e. The van der Waals surface area contributed by atoms with Gasteiger partial charge in [-0.25, -0.2) is 0 Å². The minimum Gasteiger partial charge on any atom is -0.491 e. The summed E-state index contributed by atoms with van der Waals surface area (Å²) in [7, 11) is 0. The first-order valence-corrected chi connectivity index (χ1v) is 8.45. The maximum Gasteiger partial charge on any atom is 0.208 e. The van der Waals surface area contributed by atoms with Gasteiger partial charge in [0.15, 0.2) is 22.7 Å². The molecule has 4 rings (SSSR count). The summed E-state index contributed by atoms with van der Waals surface area (Å²) in [6.45, 7) is 2.47. The standard InChI is InChI=1S/C20H18F2O3/c1-2-23-15-9-7-13-14-8-10-16(24-11-12-5-3-4-6-12)18(22)20(14)25-19(13)17(15)21/h5,7-10H,2-4,6,11H2,1H3. The van der Waals surface area contributed by atoms with Crippen molar-refractivity contribution in [2.45, 2.75) is 26.2 Å². The molecule has 25 heavy (non-hydrogen) atoms. The third kappa shape index (κ3) is 2.73. The Kier molecular flexibility index (Phi) is 4.07. The highest BCUT2D eigenvalue weighted by molar-refractivity contribution is 6.06. The minimum atomic E-state index is -0.617. The maximum atomic E-state index is 14.8. The highest BCUT2D eigenvalue weighted by atomic mass is 19.1. The molecule has 0 fully saturated rings. The van der Waals surface area contributed by atoms with Gasteiger partial charge in [-0.15, -0.1) is 0 Å². The molecule has 5 heteroatoms. The summed E-state index contributed by atoms with van der Waals surface area (Å²) in [6.07, 6.45) is 5.28. The molecule has 0 saturated carbocycles. The van der Waals surface area contributed by atoms with E-state index in [-0.39, 0.29) is 22.7 Å². The van der Waals surface area contributed by atoms with Gasteiger partial charge in [0.05, 0.1) is 6.61 Å². The zero-order chi connectivity index (χ0) is 17.4. The topological polar surface area (TPSA) is 31.6 Å². The lowest BCUT2D eigenvalue weighted by atomic mass is 10.1. The third-order valence-corrected chi connectivity index (χ3v) is 4.47. The predicted molar refractivity (Wildman–Crippen MR) is 92.2 cm³/mol. The zero-order valence-electron chi connectivity index (χ0n) is 13.9. The molecule has 0 N–H and O–H groups in total. The van der Waals surface area contributed by atoms with Crippen molar-refractivity contribution in [3.05, 3.63) is 47.5 Å². The molecule has 0 saturated heterocycles. The summed E-state index contributed by atoms with van der Waals surface area (Å²) in [6, 6.07) is 6.47. The third-order valence-electron chi connectivity index (χ3n) is 4.47. The fourth-order valence-electron chi connectivity index (χ4n) is 3.22. The summed E-state index contributed by atoms with van der Waals surface area (Å²) < 4.78 is 45.6. The van der Waals surface area contributed by atoms with Crippen LogP contribution in [0.4, 0.5) is 8.78 Å². The normalized spacial score (nSPS) is 14.3. The number of hydrogen-bond acceptors (Lipinski definition) is 3. The van der Waals surface area contributed by atoms with Crippen molar-refractivity contribution in [2.24, 2.45) is 0 Å². The average molecular weight is 344 g/mol. The van der Waals surface area contributed by atoms with Crippen LogP contribution in [-0.4, -0.2) is 13.2 Å². The molecule has 1 aliphatic rings. The highest BCUT2D eigenvalue weighted by Gasteiger charge is 2.20. The molecule has 0 spiro atoms. The minimum absolute atomic E-state index is 0.000417. The van der Waals surface area contributed by atoms with Crippen LogP contribution >= 0.6 is 0 Å². The van der Waals surface area contributed by atoms with Crippen molar-refractivity contribution in [3.63, 3.8) is 0 Å². The first kappa shape index (κ1) is 15.9. The fraction of sp³-hybridized carbons (Fsp3) is 0.300. The quantitative estimate of drug-likeness (QED) is 0.552. The molecular formula is C20H18F2O3. The van der Waals surface area contributed by atoms with Gasteiger partial charge in [-0.05, 0) is 56.0 Å². The zero-order valence-corrected chi connectivity index (χ0v) is 13.9. The number of allylic oxidation sites excluding steroid dienone is 1. The van der Waals surface area contributed by atoms with Crippen LogP contribution < -0.4 is 9.47 Å². The summed E-state index contributed by atoms with van der Waals surface area (Å²) >= 11 is 0. The van der Waals surface area contributed by atoms with Gasteiger partial charge in [-0.3, -0.25) is 0 Å². The molecule has 0 atom stereocenters. The summed E-state index contributed by atoms with van der Waals surface area (Å²) in [5.74, 6) is -1.01. The molecule has 3 aromatic rings. The van der Waals surface area contributed by atoms with Crippen LogP contribution in [0.5, 0.6) is 11.5 Å². The second kappa shape index (κ2) is 6.39. The van der Waals surface area contributed by atoms with Gasteiger partial charge in [-0.1, -0.05) is 6.08 Å². The summed E-state index contributed by atoms with van der Waals surface area (Å²) in [5.41, 5.74) is 1.17. The lowest BCUT2D eigenvalue weighted by Crippen LogP contribution is -2.01. The van der Waals surface area contributed by atoms with Crippen LogP contribution in [0.3, 0.4) is 0 Å². The van der Waals surface area contributed by atoms with Crippen LogP contribution in [0.1, 0.15) is 26.2 Å². The second-order valence-electron chi connectivity index (χ2n) is 6.09. The van der Waals surface area contributed by atoms with Crippen molar-refractivity contribution in [3.8, 4) is 11.5 Å². The van der Waals surface area contributed by atoms with E-state index in [1.165, 1.54) is 11.6 Å². The molecule has 1 aromatic heterocycles. The summed E-state index contributed by atoms with van der Waals surface area (Å²) in [4.78, 5) is 0. The number of fused-ring (bicyclic) bond motifs is 3. The van der Waals surface area contributed by atoms with E-state index in [1.54, 1.807) is 25.1 Å². The molecule has 3 nitrogen and oxygen atoms in total. The number of benzene rings is 2. The molecule has 2 aromatic carbocycles. The number of furan rings is 1. The average Bonchev–Trinajstić information content (AvgIpc) is 3.25. The van der Waals surface area contributed by atoms with Crippen molar-refractivity contribution in [2.75, 3.05) is 13.2 Å². The molecule has 0 radical (unpaired) electrons. The Morgan fingerprint density at radius 1 is 0.960 bits per heavy atom. The lowest BCUT2D eigenvalue weighted by Gasteiger charge is -2.07. The predicted octanol–water partition coefficient (Wildman–Crippen LogP) is 5.75. The number of rotatable bonds is 5. The van der Waals surface area contributed by atoms with E-state index in [0.29, 0.717) is 24.0 Å². The fourth-order valence-corrected chi connectivity index (χ4v) is 3.22. The van der Waals surface area contributed by atoms with Gasteiger partial charge in [0, 0.05) is 10.8 Å². The number of hydrogen-bond donors (Lipinski definition) is 0. The lowest BCUT2D eigenvalue weighted by molar-refractivity contribution is 0.321. The van der Waals surface area contributed by atoms with Crippen LogP contribution in [0, 0.1) is 11.6 Å². The molecule has 130 valence electrons. The van der Waals surface area contributed by atoms with E-state index >= 15 is 0 Å². The van der Waals surface area contributed by atoms with E-state index in [4.69, 9.17) is 13.9 Å². The van der Waals surface area contributed by atoms with Crippen LogP contribution in [0.2, 0.25) is 0 Å². The Hall–Kier alpha value is -2.56. The largest absolute Gasteiger partial charge is 0.491 e. The first-order chi connectivity index (χ1) is 12.2. The van der Waals surface area contributed by atoms with E-state index in [1.807, 2.05) is 0 Å². The van der Waals surface area contributed by atoms with Gasteiger partial charge in [0.1, 0.15) is 6.61 Å². The highest BCUT2D eigenvalue weighted by Crippen LogP contribution is 2.38. The van der Waals surface area contributed by atoms with Gasteiger partial charge >= 0.3 is 0 Å². The number of ether oxygens (including phenoxy) is 2. The molecule has 0 aliphatic heterocycles. The first-order valence-electron chi connectivity index (χ1n) is 8.45. The van der Waals surface area contributed by atoms with Gasteiger partial charge < -0.3 is 13.9 Å². The van der Waals surface area contributed by atoms with Crippen LogP contribution in [0.15, 0.2) is 40.3 Å². The van der Waals surface area contributed by atoms with Crippen molar-refractivity contribution < 1.29 is 22.7 Å². The van der Waals surface area contributed by atoms with Crippen molar-refractivity contribution in [1.82, 2.24) is 0 Å².